The molecule has 2 aromatic carbocycles. The van der Waals surface area contributed by atoms with E-state index in [1.807, 2.05) is 44.2 Å². The van der Waals surface area contributed by atoms with Gasteiger partial charge in [-0.05, 0) is 76.9 Å². The van der Waals surface area contributed by atoms with Crippen molar-refractivity contribution in [2.24, 2.45) is 9.98 Å². The minimum absolute atomic E-state index is 0.866. The second-order valence-electron chi connectivity index (χ2n) is 7.39. The van der Waals surface area contributed by atoms with Crippen LogP contribution in [-0.4, -0.2) is 16.4 Å². The number of rotatable bonds is 4. The average molecular weight is 370 g/mol. The molecule has 0 saturated carbocycles. The monoisotopic (exact) mass is 369 g/mol. The lowest BCUT2D eigenvalue weighted by molar-refractivity contribution is 1.23. The van der Waals surface area contributed by atoms with E-state index in [1.54, 1.807) is 0 Å². The lowest BCUT2D eigenvalue weighted by atomic mass is 10.1. The van der Waals surface area contributed by atoms with Crippen LogP contribution >= 0.6 is 0 Å². The predicted molar refractivity (Wildman–Crippen MR) is 120 cm³/mol. The number of hydrogen-bond acceptors (Lipinski definition) is 3. The molecule has 1 aromatic heterocycles. The predicted octanol–water partition coefficient (Wildman–Crippen LogP) is 6.60. The van der Waals surface area contributed by atoms with Crippen LogP contribution in [-0.2, 0) is 0 Å². The molecule has 0 aliphatic carbocycles. The van der Waals surface area contributed by atoms with Gasteiger partial charge in [0.25, 0.3) is 0 Å². The van der Waals surface area contributed by atoms with Gasteiger partial charge in [0.15, 0.2) is 0 Å². The first-order valence-corrected chi connectivity index (χ1v) is 9.56. The van der Waals surface area contributed by atoms with E-state index >= 15 is 0 Å². The van der Waals surface area contributed by atoms with Gasteiger partial charge in [-0.3, -0.25) is 9.98 Å². The highest BCUT2D eigenvalue weighted by atomic mass is 14.8. The van der Waals surface area contributed by atoms with Gasteiger partial charge in [-0.1, -0.05) is 41.5 Å². The lowest BCUT2D eigenvalue weighted by Gasteiger charge is -2.09. The summed E-state index contributed by atoms with van der Waals surface area (Å²) in [6, 6.07) is 18.5. The van der Waals surface area contributed by atoms with E-state index in [0.717, 1.165) is 34.2 Å². The molecule has 0 aliphatic rings. The smallest absolute Gasteiger partial charge is 0.0849 e. The summed E-state index contributed by atoms with van der Waals surface area (Å²) in [5.74, 6) is 0. The first kappa shape index (κ1) is 19.7. The number of aryl methyl sites for hydroxylation is 4. The Kier molecular flexibility index (Phi) is 5.84. The Labute approximate surface area is 167 Å². The van der Waals surface area contributed by atoms with Crippen LogP contribution in [0.2, 0.25) is 0 Å². The fourth-order valence-electron chi connectivity index (χ4n) is 3.28. The van der Waals surface area contributed by atoms with Gasteiger partial charge in [0.2, 0.25) is 0 Å². The molecule has 0 N–H and O–H groups in total. The molecule has 28 heavy (non-hydrogen) atoms. The van der Waals surface area contributed by atoms with Crippen molar-refractivity contribution in [2.75, 3.05) is 0 Å². The molecule has 3 aromatic rings. The molecule has 0 amide bonds. The molecule has 0 bridgehead atoms. The molecule has 3 nitrogen and oxygen atoms in total. The fraction of sp³-hybridized carbons (Fsp3) is 0.240. The van der Waals surface area contributed by atoms with E-state index in [9.17, 15) is 0 Å². The molecule has 0 radical (unpaired) electrons. The Balaban J connectivity index is 1.93. The van der Waals surface area contributed by atoms with Gasteiger partial charge >= 0.3 is 0 Å². The van der Waals surface area contributed by atoms with Crippen molar-refractivity contribution in [3.05, 3.63) is 88.2 Å². The van der Waals surface area contributed by atoms with Gasteiger partial charge in [0.05, 0.1) is 34.2 Å². The van der Waals surface area contributed by atoms with Gasteiger partial charge in [-0.15, -0.1) is 0 Å². The van der Waals surface area contributed by atoms with Crippen LogP contribution in [0.4, 0.5) is 11.4 Å². The van der Waals surface area contributed by atoms with Crippen molar-refractivity contribution >= 4 is 22.8 Å². The molecule has 0 aliphatic heterocycles. The normalized spacial score (nSPS) is 12.4. The van der Waals surface area contributed by atoms with Gasteiger partial charge in [-0.25, -0.2) is 4.98 Å². The van der Waals surface area contributed by atoms with Crippen molar-refractivity contribution in [1.82, 2.24) is 4.98 Å². The topological polar surface area (TPSA) is 37.6 Å². The summed E-state index contributed by atoms with van der Waals surface area (Å²) in [7, 11) is 0. The van der Waals surface area contributed by atoms with Crippen LogP contribution in [0.5, 0.6) is 0 Å². The molecule has 142 valence electrons. The minimum atomic E-state index is 0.866. The zero-order chi connectivity index (χ0) is 20.3. The first-order chi connectivity index (χ1) is 13.3. The number of aromatic nitrogens is 1. The average Bonchev–Trinajstić information content (AvgIpc) is 2.66. The van der Waals surface area contributed by atoms with Crippen molar-refractivity contribution in [3.8, 4) is 0 Å². The van der Waals surface area contributed by atoms with E-state index < -0.39 is 0 Å². The molecule has 0 atom stereocenters. The Morgan fingerprint density at radius 3 is 1.79 bits per heavy atom. The summed E-state index contributed by atoms with van der Waals surface area (Å²) in [5, 5.41) is 0. The summed E-state index contributed by atoms with van der Waals surface area (Å²) >= 11 is 0. The zero-order valence-electron chi connectivity index (χ0n) is 17.5. The zero-order valence-corrected chi connectivity index (χ0v) is 17.5. The fourth-order valence-corrected chi connectivity index (χ4v) is 3.28. The van der Waals surface area contributed by atoms with E-state index in [2.05, 4.69) is 52.0 Å². The molecular weight excluding hydrogens is 342 g/mol. The quantitative estimate of drug-likeness (QED) is 0.478. The van der Waals surface area contributed by atoms with Gasteiger partial charge < -0.3 is 0 Å². The molecular formula is C25H27N3. The summed E-state index contributed by atoms with van der Waals surface area (Å²) in [4.78, 5) is 14.4. The van der Waals surface area contributed by atoms with Crippen LogP contribution in [0.25, 0.3) is 0 Å². The molecule has 3 rings (SSSR count). The van der Waals surface area contributed by atoms with E-state index in [1.165, 1.54) is 22.3 Å². The van der Waals surface area contributed by atoms with Gasteiger partial charge in [-0.2, -0.15) is 0 Å². The molecule has 0 saturated heterocycles. The SMILES string of the molecule is CC(=Nc1ccc(C)cc1)c1cccc(C(C)=Nc2c(C)cc(C)cc2C)n1. The standard InChI is InChI=1S/C25H27N3/c1-16-10-12-22(13-11-16)26-20(5)23-8-7-9-24(28-23)21(6)27-25-18(3)14-17(2)15-19(25)4/h7-15H,1-6H3. The minimum Gasteiger partial charge on any atom is -0.252 e. The molecule has 3 heteroatoms. The highest BCUT2D eigenvalue weighted by molar-refractivity contribution is 6.02. The number of pyridine rings is 1. The number of nitrogens with zero attached hydrogens (tertiary/aromatic N) is 3. The first-order valence-electron chi connectivity index (χ1n) is 9.56. The van der Waals surface area contributed by atoms with Crippen LogP contribution in [0, 0.1) is 27.7 Å². The third-order valence-electron chi connectivity index (χ3n) is 4.74. The number of aliphatic imine (C=N–C) groups is 2. The second-order valence-corrected chi connectivity index (χ2v) is 7.39. The Morgan fingerprint density at radius 1 is 0.679 bits per heavy atom. The maximum absolute atomic E-state index is 4.88. The maximum atomic E-state index is 4.88. The molecule has 1 heterocycles. The number of benzene rings is 2. The second kappa shape index (κ2) is 8.30. The molecule has 0 unspecified atom stereocenters. The van der Waals surface area contributed by atoms with Crippen LogP contribution in [0.3, 0.4) is 0 Å². The summed E-state index contributed by atoms with van der Waals surface area (Å²) in [5.41, 5.74) is 10.4. The van der Waals surface area contributed by atoms with Crippen LogP contribution in [0.15, 0.2) is 64.6 Å². The summed E-state index contributed by atoms with van der Waals surface area (Å²) < 4.78 is 0. The Hall–Kier alpha value is -3.07. The van der Waals surface area contributed by atoms with Crippen molar-refractivity contribution < 1.29 is 0 Å². The van der Waals surface area contributed by atoms with Crippen molar-refractivity contribution in [3.63, 3.8) is 0 Å². The highest BCUT2D eigenvalue weighted by Crippen LogP contribution is 2.26. The largest absolute Gasteiger partial charge is 0.252 e. The third-order valence-corrected chi connectivity index (χ3v) is 4.74. The molecule has 0 spiro atoms. The number of hydrogen-bond donors (Lipinski definition) is 0. The van der Waals surface area contributed by atoms with Gasteiger partial charge in [0, 0.05) is 0 Å². The maximum Gasteiger partial charge on any atom is 0.0849 e. The van der Waals surface area contributed by atoms with Gasteiger partial charge in [0.1, 0.15) is 0 Å². The van der Waals surface area contributed by atoms with Crippen LogP contribution in [0.1, 0.15) is 47.5 Å². The van der Waals surface area contributed by atoms with E-state index in [0.29, 0.717) is 0 Å². The van der Waals surface area contributed by atoms with Crippen LogP contribution < -0.4 is 0 Å². The Bertz CT molecular complexity index is 1030. The van der Waals surface area contributed by atoms with E-state index in [-0.39, 0.29) is 0 Å². The Morgan fingerprint density at radius 2 is 1.21 bits per heavy atom. The molecule has 0 fully saturated rings. The highest BCUT2D eigenvalue weighted by Gasteiger charge is 2.07. The van der Waals surface area contributed by atoms with Crippen molar-refractivity contribution in [1.29, 1.82) is 0 Å². The van der Waals surface area contributed by atoms with E-state index in [4.69, 9.17) is 15.0 Å². The summed E-state index contributed by atoms with van der Waals surface area (Å²) in [6.07, 6.45) is 0. The third kappa shape index (κ3) is 4.61. The summed E-state index contributed by atoms with van der Waals surface area (Å²) in [6.45, 7) is 12.4. The van der Waals surface area contributed by atoms with Crippen molar-refractivity contribution in [2.45, 2.75) is 41.5 Å². The lowest BCUT2D eigenvalue weighted by Crippen LogP contribution is -2.05.